The fraction of sp³-hybridized carbons (Fsp3) is 0.188. The molecule has 0 aliphatic carbocycles. The molecule has 0 fully saturated rings. The van der Waals surface area contributed by atoms with E-state index < -0.39 is 13.6 Å². The highest BCUT2D eigenvalue weighted by Crippen LogP contribution is 2.43. The van der Waals surface area contributed by atoms with Crippen LogP contribution in [0.15, 0.2) is 60.7 Å². The van der Waals surface area contributed by atoms with E-state index in [9.17, 15) is 9.36 Å². The van der Waals surface area contributed by atoms with Gasteiger partial charge in [-0.05, 0) is 38.1 Å². The molecule has 0 aliphatic rings. The highest BCUT2D eigenvalue weighted by molar-refractivity contribution is 7.59. The minimum Gasteiger partial charge on any atom is -0.299 e. The van der Waals surface area contributed by atoms with Gasteiger partial charge in [-0.2, -0.15) is 0 Å². The lowest BCUT2D eigenvalue weighted by atomic mass is 10.2. The van der Waals surface area contributed by atoms with Crippen molar-refractivity contribution in [2.24, 2.45) is 0 Å². The highest BCUT2D eigenvalue weighted by atomic mass is 31.2. The van der Waals surface area contributed by atoms with Crippen LogP contribution >= 0.6 is 7.67 Å². The Kier molecular flexibility index (Phi) is 5.36. The zero-order chi connectivity index (χ0) is 16.0. The van der Waals surface area contributed by atoms with Crippen molar-refractivity contribution in [2.75, 3.05) is 5.09 Å². The molecule has 0 saturated heterocycles. The van der Waals surface area contributed by atoms with Crippen molar-refractivity contribution in [3.63, 3.8) is 0 Å². The van der Waals surface area contributed by atoms with Gasteiger partial charge in [0.15, 0.2) is 0 Å². The second-order valence-electron chi connectivity index (χ2n) is 4.99. The third-order valence-corrected chi connectivity index (χ3v) is 4.46. The first-order valence-electron chi connectivity index (χ1n) is 6.98. The van der Waals surface area contributed by atoms with Gasteiger partial charge in [0.1, 0.15) is 0 Å². The molecule has 0 heterocycles. The Balaban J connectivity index is 2.18. The van der Waals surface area contributed by atoms with Crippen molar-refractivity contribution < 1.29 is 13.9 Å². The van der Waals surface area contributed by atoms with Crippen molar-refractivity contribution in [3.8, 4) is 0 Å². The van der Waals surface area contributed by atoms with Gasteiger partial charge in [-0.1, -0.05) is 36.4 Å². The predicted molar refractivity (Wildman–Crippen MR) is 87.8 cm³/mol. The van der Waals surface area contributed by atoms with E-state index in [2.05, 4.69) is 10.2 Å². The van der Waals surface area contributed by atoms with Crippen LogP contribution in [0, 0.1) is 0 Å². The lowest BCUT2D eigenvalue weighted by molar-refractivity contribution is 0.0972. The first kappa shape index (κ1) is 16.3. The second kappa shape index (κ2) is 7.25. The molecule has 2 aromatic rings. The van der Waals surface area contributed by atoms with Gasteiger partial charge in [0, 0.05) is 11.3 Å². The van der Waals surface area contributed by atoms with Gasteiger partial charge in [-0.25, -0.2) is 4.57 Å². The number of benzene rings is 2. The van der Waals surface area contributed by atoms with Crippen molar-refractivity contribution in [3.05, 3.63) is 66.2 Å². The van der Waals surface area contributed by atoms with Gasteiger partial charge in [0.2, 0.25) is 0 Å². The number of anilines is 1. The molecule has 0 bridgehead atoms. The van der Waals surface area contributed by atoms with Crippen LogP contribution in [0.3, 0.4) is 0 Å². The van der Waals surface area contributed by atoms with Crippen LogP contribution in [0.5, 0.6) is 0 Å². The fourth-order valence-electron chi connectivity index (χ4n) is 1.85. The molecule has 2 rings (SSSR count). The molecule has 5 nitrogen and oxygen atoms in total. The fourth-order valence-corrected chi connectivity index (χ4v) is 3.49. The molecule has 0 saturated carbocycles. The second-order valence-corrected chi connectivity index (χ2v) is 6.75. The van der Waals surface area contributed by atoms with Gasteiger partial charge in [-0.3, -0.25) is 19.5 Å². The number of hydrogen-bond acceptors (Lipinski definition) is 3. The Labute approximate surface area is 130 Å². The summed E-state index contributed by atoms with van der Waals surface area (Å²) in [6.07, 6.45) is -0.307. The first-order valence-corrected chi connectivity index (χ1v) is 8.60. The molecule has 6 heteroatoms. The number of para-hydroxylation sites is 1. The van der Waals surface area contributed by atoms with Crippen molar-refractivity contribution in [1.29, 1.82) is 0 Å². The van der Waals surface area contributed by atoms with Crippen LogP contribution in [0.25, 0.3) is 0 Å². The van der Waals surface area contributed by atoms with E-state index in [0.29, 0.717) is 11.3 Å². The van der Waals surface area contributed by atoms with Crippen LogP contribution in [0.4, 0.5) is 5.69 Å². The van der Waals surface area contributed by atoms with Gasteiger partial charge in [-0.15, -0.1) is 0 Å². The van der Waals surface area contributed by atoms with E-state index >= 15 is 0 Å². The van der Waals surface area contributed by atoms with E-state index in [-0.39, 0.29) is 6.10 Å². The zero-order valence-electron chi connectivity index (χ0n) is 12.5. The van der Waals surface area contributed by atoms with Gasteiger partial charge in [0.05, 0.1) is 6.10 Å². The number of nitrogens with one attached hydrogen (secondary N) is 2. The molecule has 0 aliphatic heterocycles. The summed E-state index contributed by atoms with van der Waals surface area (Å²) in [6.45, 7) is 3.52. The molecule has 1 amide bonds. The molecule has 1 atom stereocenters. The van der Waals surface area contributed by atoms with Crippen LogP contribution in [-0.2, 0) is 9.09 Å². The third-order valence-electron chi connectivity index (χ3n) is 2.69. The van der Waals surface area contributed by atoms with Gasteiger partial charge in [0.25, 0.3) is 5.91 Å². The lowest BCUT2D eigenvalue weighted by Crippen LogP contribution is -2.26. The first-order chi connectivity index (χ1) is 10.5. The largest absolute Gasteiger partial charge is 0.394 e. The smallest absolute Gasteiger partial charge is 0.299 e. The van der Waals surface area contributed by atoms with Gasteiger partial charge >= 0.3 is 7.67 Å². The Hall–Kier alpha value is -2.10. The Morgan fingerprint density at radius 3 is 2.09 bits per heavy atom. The highest BCUT2D eigenvalue weighted by Gasteiger charge is 2.28. The number of carbonyl (C=O) groups is 1. The van der Waals surface area contributed by atoms with Crippen LogP contribution in [0.1, 0.15) is 24.2 Å². The van der Waals surface area contributed by atoms with E-state index in [1.807, 2.05) is 12.1 Å². The van der Waals surface area contributed by atoms with E-state index in [1.165, 1.54) is 0 Å². The maximum Gasteiger partial charge on any atom is 0.394 e. The minimum absolute atomic E-state index is 0.307. The predicted octanol–water partition coefficient (Wildman–Crippen LogP) is 4.06. The standard InChI is InChI=1S/C16H19N2O3P/c1-13(2)21-22(20,17-15-11-7-4-8-12-15)18-16(19)14-9-5-3-6-10-14/h3-13H,1-2H3,(H2,17,18,19,20). The maximum absolute atomic E-state index is 12.9. The number of rotatable bonds is 6. The molecule has 2 N–H and O–H groups in total. The van der Waals surface area contributed by atoms with Crippen LogP contribution in [0.2, 0.25) is 0 Å². The Morgan fingerprint density at radius 2 is 1.55 bits per heavy atom. The average molecular weight is 318 g/mol. The molecular formula is C16H19N2O3P. The van der Waals surface area contributed by atoms with Crippen LogP contribution < -0.4 is 10.2 Å². The van der Waals surface area contributed by atoms with E-state index in [1.54, 1.807) is 62.4 Å². The molecule has 0 radical (unpaired) electrons. The Bertz CT molecular complexity index is 660. The molecule has 0 spiro atoms. The molecular weight excluding hydrogens is 299 g/mol. The minimum atomic E-state index is -3.57. The summed E-state index contributed by atoms with van der Waals surface area (Å²) in [6, 6.07) is 17.6. The summed E-state index contributed by atoms with van der Waals surface area (Å²) in [4.78, 5) is 12.2. The normalized spacial score (nSPS) is 13.4. The lowest BCUT2D eigenvalue weighted by Gasteiger charge is -2.23. The SMILES string of the molecule is CC(C)OP(=O)(NC(=O)c1ccccc1)Nc1ccccc1. The molecule has 2 aromatic carbocycles. The summed E-state index contributed by atoms with van der Waals surface area (Å²) >= 11 is 0. The summed E-state index contributed by atoms with van der Waals surface area (Å²) in [5.74, 6) is -0.451. The summed E-state index contributed by atoms with van der Waals surface area (Å²) in [5, 5.41) is 5.26. The molecule has 22 heavy (non-hydrogen) atoms. The molecule has 0 aromatic heterocycles. The summed E-state index contributed by atoms with van der Waals surface area (Å²) in [5.41, 5.74) is 1.03. The molecule has 116 valence electrons. The third kappa shape index (κ3) is 4.72. The molecule has 1 unspecified atom stereocenters. The quantitative estimate of drug-likeness (QED) is 0.788. The number of carbonyl (C=O) groups excluding carboxylic acids is 1. The maximum atomic E-state index is 12.9. The van der Waals surface area contributed by atoms with Crippen molar-refractivity contribution >= 4 is 19.3 Å². The summed E-state index contributed by atoms with van der Waals surface area (Å²) < 4.78 is 18.4. The van der Waals surface area contributed by atoms with Crippen LogP contribution in [-0.4, -0.2) is 12.0 Å². The monoisotopic (exact) mass is 318 g/mol. The van der Waals surface area contributed by atoms with Gasteiger partial charge < -0.3 is 0 Å². The zero-order valence-corrected chi connectivity index (χ0v) is 13.4. The van der Waals surface area contributed by atoms with E-state index in [0.717, 1.165) is 0 Å². The Morgan fingerprint density at radius 1 is 1.00 bits per heavy atom. The summed E-state index contributed by atoms with van der Waals surface area (Å²) in [7, 11) is -3.57. The number of amides is 1. The van der Waals surface area contributed by atoms with Crippen molar-refractivity contribution in [2.45, 2.75) is 20.0 Å². The number of hydrogen-bond donors (Lipinski definition) is 2. The van der Waals surface area contributed by atoms with Crippen molar-refractivity contribution in [1.82, 2.24) is 5.09 Å². The topological polar surface area (TPSA) is 67.4 Å². The van der Waals surface area contributed by atoms with E-state index in [4.69, 9.17) is 4.52 Å². The average Bonchev–Trinajstić information content (AvgIpc) is 2.47.